The second kappa shape index (κ2) is 5.76. The van der Waals surface area contributed by atoms with Crippen LogP contribution in [0.3, 0.4) is 0 Å². The summed E-state index contributed by atoms with van der Waals surface area (Å²) < 4.78 is 0. The fourth-order valence-electron chi connectivity index (χ4n) is 1.62. The second-order valence-corrected chi connectivity index (χ2v) is 5.18. The summed E-state index contributed by atoms with van der Waals surface area (Å²) in [7, 11) is 0. The summed E-state index contributed by atoms with van der Waals surface area (Å²) in [5.74, 6) is 1.08. The van der Waals surface area contributed by atoms with Gasteiger partial charge in [0.2, 0.25) is 0 Å². The molecular weight excluding hydrogens is 212 g/mol. The Morgan fingerprint density at radius 3 is 2.06 bits per heavy atom. The van der Waals surface area contributed by atoms with E-state index in [0.717, 1.165) is 5.75 Å². The summed E-state index contributed by atoms with van der Waals surface area (Å²) in [6.07, 6.45) is 0. The molecule has 0 nitrogen and oxygen atoms in total. The molecule has 1 heteroatoms. The molecule has 0 N–H and O–H groups in total. The fraction of sp³-hybridized carbons (Fsp3) is 0.200. The van der Waals surface area contributed by atoms with E-state index in [1.54, 1.807) is 0 Å². The minimum Gasteiger partial charge on any atom is -0.149 e. The summed E-state index contributed by atoms with van der Waals surface area (Å²) in [5, 5.41) is 0.557. The topological polar surface area (TPSA) is 0 Å². The van der Waals surface area contributed by atoms with Gasteiger partial charge in [-0.3, -0.25) is 0 Å². The number of thioether (sulfide) groups is 1. The van der Waals surface area contributed by atoms with Gasteiger partial charge in [-0.25, -0.2) is 0 Å². The molecule has 0 amide bonds. The fourth-order valence-corrected chi connectivity index (χ4v) is 2.60. The van der Waals surface area contributed by atoms with Gasteiger partial charge in [0.15, 0.2) is 0 Å². The van der Waals surface area contributed by atoms with Crippen LogP contribution in [0.1, 0.15) is 23.3 Å². The minimum absolute atomic E-state index is 0.557. The maximum Gasteiger partial charge on any atom is 0.0272 e. The quantitative estimate of drug-likeness (QED) is 0.732. The van der Waals surface area contributed by atoms with E-state index in [1.807, 2.05) is 11.8 Å². The molecule has 82 valence electrons. The molecule has 0 saturated carbocycles. The SMILES string of the molecule is C[C@@H](SCc1ccccc1)c1ccccc1. The van der Waals surface area contributed by atoms with E-state index < -0.39 is 0 Å². The Labute approximate surface area is 102 Å². The Balaban J connectivity index is 1.92. The molecule has 2 rings (SSSR count). The van der Waals surface area contributed by atoms with Gasteiger partial charge in [0.25, 0.3) is 0 Å². The summed E-state index contributed by atoms with van der Waals surface area (Å²) in [6.45, 7) is 2.27. The maximum absolute atomic E-state index is 2.27. The van der Waals surface area contributed by atoms with Crippen molar-refractivity contribution < 1.29 is 0 Å². The van der Waals surface area contributed by atoms with Crippen LogP contribution in [0, 0.1) is 0 Å². The minimum atomic E-state index is 0.557. The summed E-state index contributed by atoms with van der Waals surface area (Å²) >= 11 is 1.98. The molecule has 0 aliphatic heterocycles. The van der Waals surface area contributed by atoms with Crippen molar-refractivity contribution in [3.05, 3.63) is 71.8 Å². The van der Waals surface area contributed by atoms with Crippen LogP contribution in [0.4, 0.5) is 0 Å². The largest absolute Gasteiger partial charge is 0.149 e. The van der Waals surface area contributed by atoms with Crippen molar-refractivity contribution in [3.63, 3.8) is 0 Å². The standard InChI is InChI=1S/C15H16S/c1-13(15-10-6-3-7-11-15)16-12-14-8-4-2-5-9-14/h2-11,13H,12H2,1H3/t13-/m1/s1. The summed E-state index contributed by atoms with van der Waals surface area (Å²) in [6, 6.07) is 21.3. The predicted octanol–water partition coefficient (Wildman–Crippen LogP) is 4.68. The van der Waals surface area contributed by atoms with Crippen molar-refractivity contribution >= 4 is 11.8 Å². The highest BCUT2D eigenvalue weighted by molar-refractivity contribution is 7.98. The highest BCUT2D eigenvalue weighted by Gasteiger charge is 2.04. The Morgan fingerprint density at radius 2 is 1.44 bits per heavy atom. The number of hydrogen-bond donors (Lipinski definition) is 0. The molecule has 0 aliphatic carbocycles. The van der Waals surface area contributed by atoms with Crippen LogP contribution in [-0.2, 0) is 5.75 Å². The zero-order chi connectivity index (χ0) is 11.2. The molecule has 1 atom stereocenters. The van der Waals surface area contributed by atoms with Crippen LogP contribution in [0.25, 0.3) is 0 Å². The van der Waals surface area contributed by atoms with Crippen molar-refractivity contribution in [2.24, 2.45) is 0 Å². The first kappa shape index (κ1) is 11.3. The van der Waals surface area contributed by atoms with Crippen molar-refractivity contribution in [2.75, 3.05) is 0 Å². The van der Waals surface area contributed by atoms with Crippen molar-refractivity contribution in [1.29, 1.82) is 0 Å². The molecular formula is C15H16S. The summed E-state index contributed by atoms with van der Waals surface area (Å²) in [4.78, 5) is 0. The highest BCUT2D eigenvalue weighted by Crippen LogP contribution is 2.30. The molecule has 16 heavy (non-hydrogen) atoms. The lowest BCUT2D eigenvalue weighted by atomic mass is 10.2. The maximum atomic E-state index is 2.27. The van der Waals surface area contributed by atoms with E-state index in [1.165, 1.54) is 11.1 Å². The average molecular weight is 228 g/mol. The molecule has 0 spiro atoms. The van der Waals surface area contributed by atoms with Crippen molar-refractivity contribution in [2.45, 2.75) is 17.9 Å². The molecule has 0 fully saturated rings. The van der Waals surface area contributed by atoms with Gasteiger partial charge < -0.3 is 0 Å². The predicted molar refractivity (Wildman–Crippen MR) is 72.6 cm³/mol. The van der Waals surface area contributed by atoms with Crippen LogP contribution < -0.4 is 0 Å². The molecule has 2 aromatic carbocycles. The van der Waals surface area contributed by atoms with E-state index in [9.17, 15) is 0 Å². The molecule has 0 bridgehead atoms. The highest BCUT2D eigenvalue weighted by atomic mass is 32.2. The number of rotatable bonds is 4. The lowest BCUT2D eigenvalue weighted by molar-refractivity contribution is 1.09. The molecule has 0 unspecified atom stereocenters. The molecule has 0 heterocycles. The van der Waals surface area contributed by atoms with Crippen LogP contribution in [0.15, 0.2) is 60.7 Å². The smallest absolute Gasteiger partial charge is 0.0272 e. The zero-order valence-electron chi connectivity index (χ0n) is 9.47. The number of benzene rings is 2. The first-order valence-electron chi connectivity index (χ1n) is 5.57. The normalized spacial score (nSPS) is 12.3. The van der Waals surface area contributed by atoms with Gasteiger partial charge in [-0.1, -0.05) is 60.7 Å². The Morgan fingerprint density at radius 1 is 0.875 bits per heavy atom. The molecule has 0 saturated heterocycles. The first-order chi connectivity index (χ1) is 7.86. The Hall–Kier alpha value is -1.21. The van der Waals surface area contributed by atoms with Crippen LogP contribution in [0.2, 0.25) is 0 Å². The monoisotopic (exact) mass is 228 g/mol. The molecule has 0 radical (unpaired) electrons. The zero-order valence-corrected chi connectivity index (χ0v) is 10.3. The number of hydrogen-bond acceptors (Lipinski definition) is 1. The van der Waals surface area contributed by atoms with Gasteiger partial charge in [-0.15, -0.1) is 11.8 Å². The lowest BCUT2D eigenvalue weighted by Gasteiger charge is -2.11. The molecule has 0 aliphatic rings. The lowest BCUT2D eigenvalue weighted by Crippen LogP contribution is -1.89. The van der Waals surface area contributed by atoms with E-state index in [4.69, 9.17) is 0 Å². The van der Waals surface area contributed by atoms with Gasteiger partial charge in [-0.2, -0.15) is 0 Å². The van der Waals surface area contributed by atoms with E-state index in [0.29, 0.717) is 5.25 Å². The molecule has 0 aromatic heterocycles. The van der Waals surface area contributed by atoms with E-state index in [2.05, 4.69) is 67.6 Å². The van der Waals surface area contributed by atoms with Crippen LogP contribution in [0.5, 0.6) is 0 Å². The van der Waals surface area contributed by atoms with Crippen molar-refractivity contribution in [1.82, 2.24) is 0 Å². The third-order valence-corrected chi connectivity index (χ3v) is 3.88. The Kier molecular flexibility index (Phi) is 4.06. The van der Waals surface area contributed by atoms with Crippen LogP contribution in [-0.4, -0.2) is 0 Å². The van der Waals surface area contributed by atoms with Gasteiger partial charge in [0, 0.05) is 11.0 Å². The van der Waals surface area contributed by atoms with Gasteiger partial charge >= 0.3 is 0 Å². The van der Waals surface area contributed by atoms with Gasteiger partial charge in [-0.05, 0) is 18.1 Å². The van der Waals surface area contributed by atoms with Crippen molar-refractivity contribution in [3.8, 4) is 0 Å². The Bertz CT molecular complexity index is 408. The van der Waals surface area contributed by atoms with E-state index >= 15 is 0 Å². The first-order valence-corrected chi connectivity index (χ1v) is 6.61. The average Bonchev–Trinajstić information content (AvgIpc) is 2.38. The third kappa shape index (κ3) is 3.14. The summed E-state index contributed by atoms with van der Waals surface area (Å²) in [5.41, 5.74) is 2.80. The van der Waals surface area contributed by atoms with E-state index in [-0.39, 0.29) is 0 Å². The van der Waals surface area contributed by atoms with Crippen LogP contribution >= 0.6 is 11.8 Å². The third-order valence-electron chi connectivity index (χ3n) is 2.61. The second-order valence-electron chi connectivity index (χ2n) is 3.85. The van der Waals surface area contributed by atoms with Gasteiger partial charge in [0.1, 0.15) is 0 Å². The molecule has 2 aromatic rings. The van der Waals surface area contributed by atoms with Gasteiger partial charge in [0.05, 0.1) is 0 Å².